The van der Waals surface area contributed by atoms with E-state index in [0.717, 1.165) is 19.3 Å². The van der Waals surface area contributed by atoms with Crippen molar-refractivity contribution in [1.29, 1.82) is 0 Å². The Kier molecular flexibility index (Phi) is 4.89. The molecule has 1 aliphatic carbocycles. The smallest absolute Gasteiger partial charge is 0.241 e. The molecule has 1 aromatic carbocycles. The first-order chi connectivity index (χ1) is 9.35. The van der Waals surface area contributed by atoms with E-state index in [-0.39, 0.29) is 16.6 Å². The van der Waals surface area contributed by atoms with Gasteiger partial charge in [0.25, 0.3) is 0 Å². The molecule has 1 aromatic rings. The Morgan fingerprint density at radius 3 is 2.75 bits per heavy atom. The van der Waals surface area contributed by atoms with Gasteiger partial charge in [-0.3, -0.25) is 0 Å². The van der Waals surface area contributed by atoms with Crippen LogP contribution in [0.5, 0.6) is 0 Å². The van der Waals surface area contributed by atoms with Gasteiger partial charge in [-0.2, -0.15) is 11.8 Å². The highest BCUT2D eigenvalue weighted by Crippen LogP contribution is 2.31. The van der Waals surface area contributed by atoms with Crippen LogP contribution in [0.4, 0.5) is 5.69 Å². The molecule has 3 N–H and O–H groups in total. The van der Waals surface area contributed by atoms with Crippen LogP contribution in [0.3, 0.4) is 0 Å². The molecule has 0 amide bonds. The second-order valence-electron chi connectivity index (χ2n) is 5.07. The third-order valence-electron chi connectivity index (χ3n) is 3.65. The van der Waals surface area contributed by atoms with E-state index in [1.807, 2.05) is 6.26 Å². The Labute approximate surface area is 129 Å². The lowest BCUT2D eigenvalue weighted by Gasteiger charge is -2.20. The summed E-state index contributed by atoms with van der Waals surface area (Å²) >= 11 is 7.62. The van der Waals surface area contributed by atoms with E-state index in [1.54, 1.807) is 24.8 Å². The van der Waals surface area contributed by atoms with Crippen LogP contribution in [0.2, 0.25) is 5.02 Å². The Morgan fingerprint density at radius 2 is 2.10 bits per heavy atom. The van der Waals surface area contributed by atoms with Gasteiger partial charge in [0.15, 0.2) is 0 Å². The molecule has 0 aliphatic heterocycles. The zero-order valence-corrected chi connectivity index (χ0v) is 13.9. The van der Waals surface area contributed by atoms with Crippen LogP contribution >= 0.6 is 23.4 Å². The van der Waals surface area contributed by atoms with Crippen molar-refractivity contribution in [2.75, 3.05) is 12.0 Å². The lowest BCUT2D eigenvalue weighted by molar-refractivity contribution is 0.554. The van der Waals surface area contributed by atoms with Gasteiger partial charge in [-0.15, -0.1) is 0 Å². The fraction of sp³-hybridized carbons (Fsp3) is 0.538. The summed E-state index contributed by atoms with van der Waals surface area (Å²) in [5, 5.41) is 0.721. The molecule has 2 rings (SSSR count). The summed E-state index contributed by atoms with van der Waals surface area (Å²) in [5.41, 5.74) is 6.61. The van der Waals surface area contributed by atoms with E-state index in [2.05, 4.69) is 4.72 Å². The molecule has 4 nitrogen and oxygen atoms in total. The van der Waals surface area contributed by atoms with Crippen molar-refractivity contribution in [1.82, 2.24) is 4.72 Å². The standard InChI is InChI=1S/C13H19ClN2O2S2/c1-8-6-9(14)10(15)7-13(8)20(17,18)16-11-4-3-5-12(11)19-2/h6-7,11-12,16H,3-5,15H2,1-2H3. The van der Waals surface area contributed by atoms with Crippen LogP contribution in [0.1, 0.15) is 24.8 Å². The van der Waals surface area contributed by atoms with E-state index in [9.17, 15) is 8.42 Å². The molecule has 0 radical (unpaired) electrons. The summed E-state index contributed by atoms with van der Waals surface area (Å²) in [6.07, 6.45) is 5.01. The number of hydrogen-bond acceptors (Lipinski definition) is 4. The van der Waals surface area contributed by atoms with Crippen LogP contribution in [0.25, 0.3) is 0 Å². The molecule has 0 aromatic heterocycles. The molecule has 7 heteroatoms. The van der Waals surface area contributed by atoms with Crippen LogP contribution in [0.15, 0.2) is 17.0 Å². The zero-order valence-electron chi connectivity index (χ0n) is 11.5. The number of aryl methyl sites for hydroxylation is 1. The number of rotatable bonds is 4. The van der Waals surface area contributed by atoms with Gasteiger partial charge in [-0.25, -0.2) is 13.1 Å². The van der Waals surface area contributed by atoms with Crippen molar-refractivity contribution in [3.63, 3.8) is 0 Å². The molecular formula is C13H19ClN2O2S2. The zero-order chi connectivity index (χ0) is 14.9. The molecule has 0 spiro atoms. The minimum Gasteiger partial charge on any atom is -0.397 e. The SMILES string of the molecule is CSC1CCCC1NS(=O)(=O)c1cc(N)c(Cl)cc1C. The quantitative estimate of drug-likeness (QED) is 0.830. The number of hydrogen-bond donors (Lipinski definition) is 2. The van der Waals surface area contributed by atoms with Gasteiger partial charge in [-0.05, 0) is 43.7 Å². The first kappa shape index (κ1) is 15.9. The second kappa shape index (κ2) is 6.13. The number of benzene rings is 1. The molecule has 1 saturated carbocycles. The minimum absolute atomic E-state index is 0.00805. The first-order valence-electron chi connectivity index (χ1n) is 6.46. The summed E-state index contributed by atoms with van der Waals surface area (Å²) < 4.78 is 27.8. The van der Waals surface area contributed by atoms with Gasteiger partial charge >= 0.3 is 0 Å². The average Bonchev–Trinajstić information content (AvgIpc) is 2.80. The molecule has 112 valence electrons. The molecule has 1 aliphatic rings. The van der Waals surface area contributed by atoms with E-state index >= 15 is 0 Å². The third-order valence-corrected chi connectivity index (χ3v) is 6.77. The summed E-state index contributed by atoms with van der Waals surface area (Å²) in [5.74, 6) is 0. The Morgan fingerprint density at radius 1 is 1.40 bits per heavy atom. The van der Waals surface area contributed by atoms with E-state index in [1.165, 1.54) is 6.07 Å². The Hall–Kier alpha value is -0.430. The summed E-state index contributed by atoms with van der Waals surface area (Å²) in [6, 6.07) is 3.01. The average molecular weight is 335 g/mol. The second-order valence-corrected chi connectivity index (χ2v) is 8.24. The van der Waals surface area contributed by atoms with E-state index in [4.69, 9.17) is 17.3 Å². The molecule has 2 unspecified atom stereocenters. The molecule has 1 fully saturated rings. The largest absolute Gasteiger partial charge is 0.397 e. The van der Waals surface area contributed by atoms with Crippen molar-refractivity contribution >= 4 is 39.1 Å². The van der Waals surface area contributed by atoms with Gasteiger partial charge in [0.1, 0.15) is 0 Å². The maximum absolute atomic E-state index is 12.5. The van der Waals surface area contributed by atoms with Crippen LogP contribution in [0, 0.1) is 6.92 Å². The minimum atomic E-state index is -3.56. The van der Waals surface area contributed by atoms with Gasteiger partial charge in [0, 0.05) is 11.3 Å². The molecule has 0 bridgehead atoms. The maximum atomic E-state index is 12.5. The fourth-order valence-corrected chi connectivity index (χ4v) is 5.38. The first-order valence-corrected chi connectivity index (χ1v) is 9.61. The van der Waals surface area contributed by atoms with Gasteiger partial charge in [-0.1, -0.05) is 18.0 Å². The van der Waals surface area contributed by atoms with Crippen molar-refractivity contribution in [3.8, 4) is 0 Å². The maximum Gasteiger partial charge on any atom is 0.241 e. The molecule has 2 atom stereocenters. The lowest BCUT2D eigenvalue weighted by atomic mass is 10.2. The van der Waals surface area contributed by atoms with E-state index in [0.29, 0.717) is 15.8 Å². The van der Waals surface area contributed by atoms with Crippen molar-refractivity contribution < 1.29 is 8.42 Å². The normalized spacial score (nSPS) is 23.1. The van der Waals surface area contributed by atoms with E-state index < -0.39 is 10.0 Å². The number of nitrogens with two attached hydrogens (primary N) is 1. The van der Waals surface area contributed by atoms with Crippen molar-refractivity contribution in [3.05, 3.63) is 22.7 Å². The van der Waals surface area contributed by atoms with Crippen LogP contribution in [-0.4, -0.2) is 26.0 Å². The number of thioether (sulfide) groups is 1. The number of halogens is 1. The molecular weight excluding hydrogens is 316 g/mol. The number of sulfonamides is 1. The molecule has 20 heavy (non-hydrogen) atoms. The lowest BCUT2D eigenvalue weighted by Crippen LogP contribution is -2.38. The fourth-order valence-electron chi connectivity index (χ4n) is 2.56. The third kappa shape index (κ3) is 3.24. The summed E-state index contributed by atoms with van der Waals surface area (Å²) in [4.78, 5) is 0.214. The number of anilines is 1. The molecule has 0 saturated heterocycles. The Balaban J connectivity index is 2.29. The van der Waals surface area contributed by atoms with Crippen LogP contribution < -0.4 is 10.5 Å². The predicted molar refractivity (Wildman–Crippen MR) is 85.9 cm³/mol. The monoisotopic (exact) mass is 334 g/mol. The predicted octanol–water partition coefficient (Wildman–Crippen LogP) is 2.79. The highest BCUT2D eigenvalue weighted by molar-refractivity contribution is 7.99. The van der Waals surface area contributed by atoms with Crippen LogP contribution in [-0.2, 0) is 10.0 Å². The topological polar surface area (TPSA) is 72.2 Å². The number of nitrogen functional groups attached to an aromatic ring is 1. The molecule has 0 heterocycles. The van der Waals surface area contributed by atoms with Crippen molar-refractivity contribution in [2.45, 2.75) is 42.4 Å². The van der Waals surface area contributed by atoms with Crippen molar-refractivity contribution in [2.24, 2.45) is 0 Å². The highest BCUT2D eigenvalue weighted by atomic mass is 35.5. The highest BCUT2D eigenvalue weighted by Gasteiger charge is 2.31. The van der Waals surface area contributed by atoms with Gasteiger partial charge < -0.3 is 5.73 Å². The van der Waals surface area contributed by atoms with Gasteiger partial charge in [0.05, 0.1) is 15.6 Å². The van der Waals surface area contributed by atoms with Gasteiger partial charge in [0.2, 0.25) is 10.0 Å². The summed E-state index contributed by atoms with van der Waals surface area (Å²) in [6.45, 7) is 1.72. The number of nitrogens with one attached hydrogen (secondary N) is 1. The summed E-state index contributed by atoms with van der Waals surface area (Å²) in [7, 11) is -3.56. The Bertz CT molecular complexity index is 605.